The van der Waals surface area contributed by atoms with Crippen molar-refractivity contribution in [2.45, 2.75) is 6.92 Å². The van der Waals surface area contributed by atoms with Gasteiger partial charge in [-0.2, -0.15) is 0 Å². The van der Waals surface area contributed by atoms with Gasteiger partial charge in [0.15, 0.2) is 0 Å². The molecular weight excluding hydrogens is 342 g/mol. The molecule has 2 amide bonds. The number of anilines is 2. The van der Waals surface area contributed by atoms with E-state index in [0.717, 1.165) is 43.1 Å². The van der Waals surface area contributed by atoms with E-state index in [1.165, 1.54) is 5.01 Å². The summed E-state index contributed by atoms with van der Waals surface area (Å²) in [7, 11) is 0. The molecule has 6 nitrogen and oxygen atoms in total. The molecule has 27 heavy (non-hydrogen) atoms. The number of morpholine rings is 1. The molecule has 6 heteroatoms. The van der Waals surface area contributed by atoms with E-state index in [4.69, 9.17) is 4.74 Å². The number of ether oxygens (including phenoxy) is 1. The van der Waals surface area contributed by atoms with Crippen molar-refractivity contribution in [3.8, 4) is 0 Å². The third kappa shape index (κ3) is 3.57. The Bertz CT molecular complexity index is 882. The zero-order chi connectivity index (χ0) is 18.8. The van der Waals surface area contributed by atoms with E-state index in [1.54, 1.807) is 6.08 Å². The highest BCUT2D eigenvalue weighted by atomic mass is 16.5. The Morgan fingerprint density at radius 1 is 0.926 bits per heavy atom. The topological polar surface area (TPSA) is 61.9 Å². The maximum absolute atomic E-state index is 12.7. The maximum Gasteiger partial charge on any atom is 0.282 e. The molecule has 1 N–H and O–H groups in total. The molecule has 4 rings (SSSR count). The summed E-state index contributed by atoms with van der Waals surface area (Å²) < 4.78 is 5.37. The van der Waals surface area contributed by atoms with Gasteiger partial charge in [-0.3, -0.25) is 15.0 Å². The van der Waals surface area contributed by atoms with Crippen LogP contribution in [-0.2, 0) is 14.3 Å². The van der Waals surface area contributed by atoms with Crippen LogP contribution in [0.3, 0.4) is 0 Å². The Morgan fingerprint density at radius 2 is 1.56 bits per heavy atom. The molecule has 138 valence electrons. The summed E-state index contributed by atoms with van der Waals surface area (Å²) in [6.45, 7) is 5.17. The maximum atomic E-state index is 12.7. The van der Waals surface area contributed by atoms with E-state index >= 15 is 0 Å². The molecule has 2 aromatic rings. The highest BCUT2D eigenvalue weighted by molar-refractivity contribution is 6.31. The number of benzene rings is 2. The highest BCUT2D eigenvalue weighted by Gasteiger charge is 2.34. The minimum absolute atomic E-state index is 0.134. The molecule has 2 saturated heterocycles. The molecule has 0 saturated carbocycles. The van der Waals surface area contributed by atoms with Crippen LogP contribution >= 0.6 is 0 Å². The number of nitrogens with zero attached hydrogens (tertiary/aromatic N) is 2. The van der Waals surface area contributed by atoms with Gasteiger partial charge in [-0.05, 0) is 42.8 Å². The molecule has 2 aliphatic heterocycles. The number of nitrogens with one attached hydrogen (secondary N) is 1. The van der Waals surface area contributed by atoms with E-state index < -0.39 is 5.91 Å². The SMILES string of the molecule is Cc1ccc(N2NC(=O)/C(=C/c3ccc(N4CCOCC4)cc3)C2=O)cc1. The third-order valence-corrected chi connectivity index (χ3v) is 4.76. The normalized spacial score (nSPS) is 18.9. The van der Waals surface area contributed by atoms with Crippen LogP contribution in [-0.4, -0.2) is 38.1 Å². The van der Waals surface area contributed by atoms with Crippen molar-refractivity contribution in [1.29, 1.82) is 0 Å². The molecule has 2 aliphatic rings. The lowest BCUT2D eigenvalue weighted by molar-refractivity contribution is -0.117. The second-order valence-electron chi connectivity index (χ2n) is 6.67. The molecule has 0 radical (unpaired) electrons. The van der Waals surface area contributed by atoms with E-state index in [-0.39, 0.29) is 11.5 Å². The first kappa shape index (κ1) is 17.3. The smallest absolute Gasteiger partial charge is 0.282 e. The summed E-state index contributed by atoms with van der Waals surface area (Å²) in [5.41, 5.74) is 6.43. The highest BCUT2D eigenvalue weighted by Crippen LogP contribution is 2.23. The largest absolute Gasteiger partial charge is 0.378 e. The summed E-state index contributed by atoms with van der Waals surface area (Å²) in [5.74, 6) is -0.737. The first-order chi connectivity index (χ1) is 13.1. The number of carbonyl (C=O) groups is 2. The summed E-state index contributed by atoms with van der Waals surface area (Å²) in [4.78, 5) is 27.2. The van der Waals surface area contributed by atoms with Gasteiger partial charge in [0, 0.05) is 18.8 Å². The Morgan fingerprint density at radius 3 is 2.22 bits per heavy atom. The van der Waals surface area contributed by atoms with Crippen LogP contribution in [0.1, 0.15) is 11.1 Å². The fourth-order valence-electron chi connectivity index (χ4n) is 3.20. The van der Waals surface area contributed by atoms with Crippen LogP contribution in [0.4, 0.5) is 11.4 Å². The van der Waals surface area contributed by atoms with Gasteiger partial charge in [-0.1, -0.05) is 29.8 Å². The minimum Gasteiger partial charge on any atom is -0.378 e. The lowest BCUT2D eigenvalue weighted by Crippen LogP contribution is -2.36. The molecule has 0 spiro atoms. The Balaban J connectivity index is 1.53. The van der Waals surface area contributed by atoms with E-state index in [1.807, 2.05) is 55.5 Å². The van der Waals surface area contributed by atoms with Gasteiger partial charge in [-0.25, -0.2) is 5.01 Å². The Kier molecular flexibility index (Phi) is 4.64. The van der Waals surface area contributed by atoms with Gasteiger partial charge in [0.1, 0.15) is 5.57 Å². The Labute approximate surface area is 158 Å². The second kappa shape index (κ2) is 7.25. The summed E-state index contributed by atoms with van der Waals surface area (Å²) in [6, 6.07) is 15.3. The van der Waals surface area contributed by atoms with Crippen LogP contribution in [0.2, 0.25) is 0 Å². The number of hydrogen-bond acceptors (Lipinski definition) is 4. The standard InChI is InChI=1S/C21H21N3O3/c1-15-2-6-18(7-3-15)24-21(26)19(20(25)22-24)14-16-4-8-17(9-5-16)23-10-12-27-13-11-23/h2-9,14H,10-13H2,1H3,(H,22,25)/b19-14-. The quantitative estimate of drug-likeness (QED) is 0.671. The van der Waals surface area contributed by atoms with Crippen molar-refractivity contribution in [2.24, 2.45) is 0 Å². The monoisotopic (exact) mass is 363 g/mol. The van der Waals surface area contributed by atoms with Crippen LogP contribution in [0.25, 0.3) is 6.08 Å². The zero-order valence-electron chi connectivity index (χ0n) is 15.1. The lowest BCUT2D eigenvalue weighted by atomic mass is 10.1. The summed E-state index contributed by atoms with van der Waals surface area (Å²) >= 11 is 0. The average Bonchev–Trinajstić information content (AvgIpc) is 2.98. The first-order valence-corrected chi connectivity index (χ1v) is 8.98. The van der Waals surface area contributed by atoms with Crippen molar-refractivity contribution in [2.75, 3.05) is 36.2 Å². The number of amides is 2. The van der Waals surface area contributed by atoms with Crippen LogP contribution in [0.5, 0.6) is 0 Å². The Hall–Kier alpha value is -3.12. The fraction of sp³-hybridized carbons (Fsp3) is 0.238. The average molecular weight is 363 g/mol. The number of hydrazine groups is 1. The molecule has 2 heterocycles. The minimum atomic E-state index is -0.391. The molecule has 0 unspecified atom stereocenters. The number of hydrogen-bond donors (Lipinski definition) is 1. The predicted octanol–water partition coefficient (Wildman–Crippen LogP) is 2.29. The van der Waals surface area contributed by atoms with Gasteiger partial charge in [-0.15, -0.1) is 0 Å². The van der Waals surface area contributed by atoms with Crippen molar-refractivity contribution in [1.82, 2.24) is 5.43 Å². The van der Waals surface area contributed by atoms with E-state index in [2.05, 4.69) is 10.3 Å². The molecule has 0 bridgehead atoms. The molecule has 0 aromatic heterocycles. The number of aryl methyl sites for hydroxylation is 1. The van der Waals surface area contributed by atoms with Crippen molar-refractivity contribution >= 4 is 29.3 Å². The predicted molar refractivity (Wildman–Crippen MR) is 104 cm³/mol. The van der Waals surface area contributed by atoms with Gasteiger partial charge >= 0.3 is 0 Å². The van der Waals surface area contributed by atoms with E-state index in [0.29, 0.717) is 5.69 Å². The number of carbonyl (C=O) groups excluding carboxylic acids is 2. The zero-order valence-corrected chi connectivity index (χ0v) is 15.1. The molecule has 2 aromatic carbocycles. The molecule has 0 aliphatic carbocycles. The van der Waals surface area contributed by atoms with Crippen molar-refractivity contribution in [3.05, 3.63) is 65.2 Å². The van der Waals surface area contributed by atoms with Gasteiger partial charge in [0.05, 0.1) is 18.9 Å². The molecule has 2 fully saturated rings. The second-order valence-corrected chi connectivity index (χ2v) is 6.67. The molecule has 0 atom stereocenters. The van der Waals surface area contributed by atoms with Crippen molar-refractivity contribution in [3.63, 3.8) is 0 Å². The number of rotatable bonds is 3. The lowest BCUT2D eigenvalue weighted by Gasteiger charge is -2.28. The van der Waals surface area contributed by atoms with Crippen LogP contribution in [0.15, 0.2) is 54.1 Å². The summed E-state index contributed by atoms with van der Waals surface area (Å²) in [5, 5.41) is 1.29. The van der Waals surface area contributed by atoms with Gasteiger partial charge in [0.25, 0.3) is 11.8 Å². The van der Waals surface area contributed by atoms with Crippen LogP contribution in [0, 0.1) is 6.92 Å². The van der Waals surface area contributed by atoms with Gasteiger partial charge in [0.2, 0.25) is 0 Å². The summed E-state index contributed by atoms with van der Waals surface area (Å²) in [6.07, 6.45) is 1.63. The third-order valence-electron chi connectivity index (χ3n) is 4.76. The van der Waals surface area contributed by atoms with Crippen molar-refractivity contribution < 1.29 is 14.3 Å². The van der Waals surface area contributed by atoms with E-state index in [9.17, 15) is 9.59 Å². The fourth-order valence-corrected chi connectivity index (χ4v) is 3.20. The first-order valence-electron chi connectivity index (χ1n) is 8.98. The van der Waals surface area contributed by atoms with Gasteiger partial charge < -0.3 is 9.64 Å². The van der Waals surface area contributed by atoms with Crippen LogP contribution < -0.4 is 15.3 Å². The molecular formula is C21H21N3O3.